The maximum absolute atomic E-state index is 11.8. The van der Waals surface area contributed by atoms with Gasteiger partial charge in [0.15, 0.2) is 5.60 Å². The third-order valence-corrected chi connectivity index (χ3v) is 6.36. The molecule has 1 aromatic rings. The van der Waals surface area contributed by atoms with Crippen LogP contribution in [0.3, 0.4) is 0 Å². The van der Waals surface area contributed by atoms with Gasteiger partial charge in [-0.3, -0.25) is 9.59 Å². The van der Waals surface area contributed by atoms with Gasteiger partial charge in [-0.15, -0.1) is 0 Å². The van der Waals surface area contributed by atoms with Gasteiger partial charge in [-0.25, -0.2) is 0 Å². The number of amides is 1. The molecule has 1 fully saturated rings. The van der Waals surface area contributed by atoms with E-state index in [2.05, 4.69) is 6.92 Å². The van der Waals surface area contributed by atoms with Crippen molar-refractivity contribution in [3.63, 3.8) is 0 Å². The second kappa shape index (κ2) is 14.8. The number of rotatable bonds is 19. The molecule has 0 aliphatic heterocycles. The van der Waals surface area contributed by atoms with Gasteiger partial charge in [-0.2, -0.15) is 0 Å². The lowest BCUT2D eigenvalue weighted by molar-refractivity contribution is -0.157. The maximum Gasteiger partial charge on any atom is 0.306 e. The number of ether oxygens (including phenoxy) is 2. The predicted molar refractivity (Wildman–Crippen MR) is 130 cm³/mol. The fraction of sp³-hybridized carbons (Fsp3) is 0.704. The van der Waals surface area contributed by atoms with E-state index >= 15 is 0 Å². The van der Waals surface area contributed by atoms with Gasteiger partial charge < -0.3 is 20.3 Å². The quantitative estimate of drug-likeness (QED) is 0.195. The third-order valence-electron chi connectivity index (χ3n) is 6.36. The van der Waals surface area contributed by atoms with Gasteiger partial charge in [-0.05, 0) is 37.3 Å². The molecule has 1 aliphatic carbocycles. The van der Waals surface area contributed by atoms with E-state index in [-0.39, 0.29) is 5.97 Å². The van der Waals surface area contributed by atoms with Gasteiger partial charge in [0, 0.05) is 25.3 Å². The Labute approximate surface area is 199 Å². The van der Waals surface area contributed by atoms with Crippen molar-refractivity contribution in [3.8, 4) is 11.5 Å². The van der Waals surface area contributed by atoms with Gasteiger partial charge in [0.25, 0.3) is 5.91 Å². The largest absolute Gasteiger partial charge is 0.508 e. The molecule has 0 spiro atoms. The number of carbonyl (C=O) groups is 2. The van der Waals surface area contributed by atoms with Crippen LogP contribution in [0.25, 0.3) is 0 Å². The summed E-state index contributed by atoms with van der Waals surface area (Å²) in [6.07, 6.45) is 15.8. The second-order valence-corrected chi connectivity index (χ2v) is 9.36. The highest BCUT2D eigenvalue weighted by Crippen LogP contribution is 2.39. The highest BCUT2D eigenvalue weighted by molar-refractivity contribution is 5.89. The first kappa shape index (κ1) is 27.0. The summed E-state index contributed by atoms with van der Waals surface area (Å²) < 4.78 is 11.0. The molecule has 0 bridgehead atoms. The van der Waals surface area contributed by atoms with Crippen molar-refractivity contribution in [1.82, 2.24) is 0 Å². The Kier molecular flexibility index (Phi) is 12.1. The zero-order valence-electron chi connectivity index (χ0n) is 20.4. The number of phenolic OH excluding ortho intramolecular Hbond substituents is 1. The molecule has 0 unspecified atom stereocenters. The molecule has 0 saturated heterocycles. The molecule has 0 atom stereocenters. The average Bonchev–Trinajstić information content (AvgIpc) is 3.57. The van der Waals surface area contributed by atoms with Crippen LogP contribution >= 0.6 is 0 Å². The van der Waals surface area contributed by atoms with E-state index in [9.17, 15) is 14.7 Å². The summed E-state index contributed by atoms with van der Waals surface area (Å²) in [5.74, 6) is 0.260. The minimum absolute atomic E-state index is 0.304. The standard InChI is InChI=1S/C27H43NO5/c1-2-3-4-11-14-22-16-17-23(21-24(22)29)32-20-13-10-8-6-5-7-9-12-15-25(30)33-27(18-19-27)26(28)31/h16-17,21,29H,2-15,18-20H2,1H3,(H2,28,31). The lowest BCUT2D eigenvalue weighted by Gasteiger charge is -2.12. The summed E-state index contributed by atoms with van der Waals surface area (Å²) in [6.45, 7) is 2.87. The van der Waals surface area contributed by atoms with E-state index < -0.39 is 11.5 Å². The number of esters is 1. The summed E-state index contributed by atoms with van der Waals surface area (Å²) in [5, 5.41) is 10.2. The fourth-order valence-corrected chi connectivity index (χ4v) is 3.99. The molecule has 0 heterocycles. The average molecular weight is 462 g/mol. The first-order valence-corrected chi connectivity index (χ1v) is 12.9. The summed E-state index contributed by atoms with van der Waals surface area (Å²) in [6, 6.07) is 5.68. The Morgan fingerprint density at radius 2 is 1.58 bits per heavy atom. The highest BCUT2D eigenvalue weighted by Gasteiger charge is 2.52. The number of phenols is 1. The molecule has 33 heavy (non-hydrogen) atoms. The van der Waals surface area contributed by atoms with E-state index in [1.807, 2.05) is 12.1 Å². The number of nitrogens with two attached hydrogens (primary N) is 1. The number of aromatic hydroxyl groups is 1. The topological polar surface area (TPSA) is 98.9 Å². The number of hydrogen-bond acceptors (Lipinski definition) is 5. The zero-order valence-corrected chi connectivity index (χ0v) is 20.4. The first-order chi connectivity index (χ1) is 16.0. The molecule has 1 amide bonds. The number of primary amides is 1. The van der Waals surface area contributed by atoms with Crippen LogP contribution in [0.5, 0.6) is 11.5 Å². The van der Waals surface area contributed by atoms with Gasteiger partial charge in [0.2, 0.25) is 0 Å². The lowest BCUT2D eigenvalue weighted by Crippen LogP contribution is -2.35. The van der Waals surface area contributed by atoms with Crippen LogP contribution in [0, 0.1) is 0 Å². The van der Waals surface area contributed by atoms with E-state index in [1.165, 1.54) is 32.1 Å². The Hall–Kier alpha value is -2.24. The van der Waals surface area contributed by atoms with Gasteiger partial charge in [0.1, 0.15) is 11.5 Å². The summed E-state index contributed by atoms with van der Waals surface area (Å²) in [4.78, 5) is 23.0. The minimum Gasteiger partial charge on any atom is -0.508 e. The number of benzene rings is 1. The number of carbonyl (C=O) groups excluding carboxylic acids is 2. The van der Waals surface area contributed by atoms with Crippen molar-refractivity contribution < 1.29 is 24.2 Å². The van der Waals surface area contributed by atoms with Crippen LogP contribution in [-0.4, -0.2) is 29.2 Å². The molecule has 6 heteroatoms. The van der Waals surface area contributed by atoms with Crippen molar-refractivity contribution in [2.75, 3.05) is 6.61 Å². The van der Waals surface area contributed by atoms with Crippen molar-refractivity contribution in [3.05, 3.63) is 23.8 Å². The molecular weight excluding hydrogens is 418 g/mol. The van der Waals surface area contributed by atoms with Crippen LogP contribution in [0.4, 0.5) is 0 Å². The second-order valence-electron chi connectivity index (χ2n) is 9.36. The molecule has 1 aromatic carbocycles. The molecule has 3 N–H and O–H groups in total. The summed E-state index contributed by atoms with van der Waals surface area (Å²) >= 11 is 0. The highest BCUT2D eigenvalue weighted by atomic mass is 16.6. The molecule has 2 rings (SSSR count). The van der Waals surface area contributed by atoms with E-state index in [4.69, 9.17) is 15.2 Å². The monoisotopic (exact) mass is 461 g/mol. The Balaban J connectivity index is 1.41. The number of hydrogen-bond donors (Lipinski definition) is 2. The number of aryl methyl sites for hydroxylation is 1. The Morgan fingerprint density at radius 3 is 2.18 bits per heavy atom. The molecule has 0 aromatic heterocycles. The predicted octanol–water partition coefficient (Wildman–Crippen LogP) is 5.97. The molecule has 186 valence electrons. The van der Waals surface area contributed by atoms with Crippen molar-refractivity contribution in [1.29, 1.82) is 0 Å². The third kappa shape index (κ3) is 10.5. The fourth-order valence-electron chi connectivity index (χ4n) is 3.99. The van der Waals surface area contributed by atoms with Gasteiger partial charge >= 0.3 is 5.97 Å². The molecule has 6 nitrogen and oxygen atoms in total. The van der Waals surface area contributed by atoms with Crippen molar-refractivity contribution in [2.24, 2.45) is 5.73 Å². The molecule has 1 aliphatic rings. The normalized spacial score (nSPS) is 14.1. The molecule has 0 radical (unpaired) electrons. The van der Waals surface area contributed by atoms with Crippen LogP contribution in [0.15, 0.2) is 18.2 Å². The first-order valence-electron chi connectivity index (χ1n) is 12.9. The van der Waals surface area contributed by atoms with Crippen LogP contribution in [0.1, 0.15) is 109 Å². The van der Waals surface area contributed by atoms with E-state index in [1.54, 1.807) is 6.07 Å². The zero-order chi connectivity index (χ0) is 23.9. The SMILES string of the molecule is CCCCCCc1ccc(OCCCCCCCCCCC(=O)OC2(C(N)=O)CC2)cc1O. The van der Waals surface area contributed by atoms with Gasteiger partial charge in [-0.1, -0.05) is 70.8 Å². The Morgan fingerprint density at radius 1 is 0.939 bits per heavy atom. The summed E-state index contributed by atoms with van der Waals surface area (Å²) in [5.41, 5.74) is 5.28. The van der Waals surface area contributed by atoms with Gasteiger partial charge in [0.05, 0.1) is 6.61 Å². The van der Waals surface area contributed by atoms with Crippen LogP contribution < -0.4 is 10.5 Å². The maximum atomic E-state index is 11.8. The van der Waals surface area contributed by atoms with Crippen molar-refractivity contribution >= 4 is 11.9 Å². The van der Waals surface area contributed by atoms with Crippen LogP contribution in [0.2, 0.25) is 0 Å². The van der Waals surface area contributed by atoms with Crippen molar-refractivity contribution in [2.45, 2.75) is 115 Å². The smallest absolute Gasteiger partial charge is 0.306 e. The minimum atomic E-state index is -0.988. The molecular formula is C27H43NO5. The van der Waals surface area contributed by atoms with E-state index in [0.29, 0.717) is 31.6 Å². The Bertz CT molecular complexity index is 729. The van der Waals surface area contributed by atoms with Crippen LogP contribution in [-0.2, 0) is 20.7 Å². The summed E-state index contributed by atoms with van der Waals surface area (Å²) in [7, 11) is 0. The lowest BCUT2D eigenvalue weighted by atomic mass is 10.1. The van der Waals surface area contributed by atoms with E-state index in [0.717, 1.165) is 62.7 Å². The molecule has 1 saturated carbocycles. The number of unbranched alkanes of at least 4 members (excludes halogenated alkanes) is 10.